The molecule has 0 unspecified atom stereocenters. The number of rotatable bonds is 3. The number of carbonyl (C=O) groups is 2. The molecule has 16 heavy (non-hydrogen) atoms. The Labute approximate surface area is 94.6 Å². The molecule has 1 saturated heterocycles. The predicted molar refractivity (Wildman–Crippen MR) is 57.3 cm³/mol. The molecule has 6 heteroatoms. The van der Waals surface area contributed by atoms with Crippen LogP contribution in [-0.4, -0.2) is 53.8 Å². The van der Waals surface area contributed by atoms with E-state index >= 15 is 0 Å². The Morgan fingerprint density at radius 1 is 1.38 bits per heavy atom. The van der Waals surface area contributed by atoms with Gasteiger partial charge >= 0.3 is 6.09 Å². The van der Waals surface area contributed by atoms with Crippen LogP contribution in [0.5, 0.6) is 0 Å². The van der Waals surface area contributed by atoms with E-state index in [1.54, 1.807) is 18.7 Å². The number of amides is 2. The van der Waals surface area contributed by atoms with Crippen LogP contribution in [0, 0.1) is 0 Å². The van der Waals surface area contributed by atoms with Crippen molar-refractivity contribution in [1.82, 2.24) is 10.2 Å². The van der Waals surface area contributed by atoms with Gasteiger partial charge in [0.25, 0.3) is 0 Å². The molecular formula is C10H18N2O4. The van der Waals surface area contributed by atoms with Crippen molar-refractivity contribution in [2.75, 3.05) is 26.3 Å². The van der Waals surface area contributed by atoms with Crippen molar-refractivity contribution in [3.8, 4) is 0 Å². The maximum absolute atomic E-state index is 11.8. The summed E-state index contributed by atoms with van der Waals surface area (Å²) in [6.45, 7) is 5.67. The third-order valence-electron chi connectivity index (χ3n) is 2.40. The second-order valence-electron chi connectivity index (χ2n) is 4.48. The lowest BCUT2D eigenvalue weighted by molar-refractivity contribution is -0.136. The lowest BCUT2D eigenvalue weighted by Crippen LogP contribution is -2.49. The molecule has 0 spiro atoms. The first-order chi connectivity index (χ1) is 7.41. The lowest BCUT2D eigenvalue weighted by atomic mass is 10.00. The molecule has 1 aliphatic rings. The van der Waals surface area contributed by atoms with Gasteiger partial charge in [-0.25, -0.2) is 4.79 Å². The highest BCUT2D eigenvalue weighted by atomic mass is 16.5. The first-order valence-corrected chi connectivity index (χ1v) is 5.27. The van der Waals surface area contributed by atoms with Gasteiger partial charge in [-0.1, -0.05) is 0 Å². The maximum Gasteiger partial charge on any atom is 0.405 e. The van der Waals surface area contributed by atoms with E-state index in [9.17, 15) is 9.59 Å². The number of carboxylic acid groups (broad SMARTS) is 1. The topological polar surface area (TPSA) is 78.9 Å². The van der Waals surface area contributed by atoms with Gasteiger partial charge in [-0.15, -0.1) is 0 Å². The molecule has 2 amide bonds. The standard InChI is InChI=1S/C10H18N2O4/c1-10(2,11-9(14)15)7-8(13)12-3-5-16-6-4-12/h11H,3-7H2,1-2H3,(H,14,15). The summed E-state index contributed by atoms with van der Waals surface area (Å²) in [7, 11) is 0. The molecule has 0 saturated carbocycles. The number of hydrogen-bond acceptors (Lipinski definition) is 3. The van der Waals surface area contributed by atoms with E-state index in [0.29, 0.717) is 26.3 Å². The Morgan fingerprint density at radius 2 is 1.94 bits per heavy atom. The summed E-state index contributed by atoms with van der Waals surface area (Å²) in [5, 5.41) is 10.9. The average molecular weight is 230 g/mol. The van der Waals surface area contributed by atoms with Crippen LogP contribution in [0.25, 0.3) is 0 Å². The van der Waals surface area contributed by atoms with Gasteiger partial charge in [-0.3, -0.25) is 4.79 Å². The van der Waals surface area contributed by atoms with Crippen molar-refractivity contribution in [2.24, 2.45) is 0 Å². The smallest absolute Gasteiger partial charge is 0.405 e. The Hall–Kier alpha value is -1.30. The van der Waals surface area contributed by atoms with E-state index < -0.39 is 11.6 Å². The highest BCUT2D eigenvalue weighted by Gasteiger charge is 2.27. The van der Waals surface area contributed by atoms with E-state index in [2.05, 4.69) is 5.32 Å². The van der Waals surface area contributed by atoms with E-state index in [-0.39, 0.29) is 12.3 Å². The number of hydrogen-bond donors (Lipinski definition) is 2. The minimum Gasteiger partial charge on any atom is -0.465 e. The van der Waals surface area contributed by atoms with Gasteiger partial charge < -0.3 is 20.1 Å². The van der Waals surface area contributed by atoms with E-state index in [0.717, 1.165) is 0 Å². The molecule has 1 aliphatic heterocycles. The van der Waals surface area contributed by atoms with Crippen LogP contribution in [0.2, 0.25) is 0 Å². The normalized spacial score (nSPS) is 17.0. The third kappa shape index (κ3) is 4.06. The molecule has 0 bridgehead atoms. The van der Waals surface area contributed by atoms with Gasteiger partial charge in [0.2, 0.25) is 5.91 Å². The molecule has 0 radical (unpaired) electrons. The molecule has 0 aromatic carbocycles. The molecule has 1 fully saturated rings. The number of nitrogens with zero attached hydrogens (tertiary/aromatic N) is 1. The van der Waals surface area contributed by atoms with Crippen molar-refractivity contribution in [1.29, 1.82) is 0 Å². The summed E-state index contributed by atoms with van der Waals surface area (Å²) in [5.74, 6) is -0.0398. The summed E-state index contributed by atoms with van der Waals surface area (Å²) in [6, 6.07) is 0. The Kier molecular flexibility index (Phi) is 4.12. The minimum atomic E-state index is -1.11. The minimum absolute atomic E-state index is 0.0398. The third-order valence-corrected chi connectivity index (χ3v) is 2.40. The van der Waals surface area contributed by atoms with Crippen LogP contribution in [0.3, 0.4) is 0 Å². The van der Waals surface area contributed by atoms with Crippen LogP contribution >= 0.6 is 0 Å². The molecule has 1 rings (SSSR count). The van der Waals surface area contributed by atoms with Gasteiger partial charge in [-0.05, 0) is 13.8 Å². The zero-order valence-electron chi connectivity index (χ0n) is 9.65. The molecule has 1 heterocycles. The van der Waals surface area contributed by atoms with Crippen molar-refractivity contribution >= 4 is 12.0 Å². The summed E-state index contributed by atoms with van der Waals surface area (Å²) < 4.78 is 5.14. The molecular weight excluding hydrogens is 212 g/mol. The fourth-order valence-electron chi connectivity index (χ4n) is 1.64. The molecule has 6 nitrogen and oxygen atoms in total. The van der Waals surface area contributed by atoms with Gasteiger partial charge in [0.05, 0.1) is 13.2 Å². The predicted octanol–water partition coefficient (Wildman–Crippen LogP) is 0.282. The Morgan fingerprint density at radius 3 is 2.44 bits per heavy atom. The lowest BCUT2D eigenvalue weighted by Gasteiger charge is -2.31. The van der Waals surface area contributed by atoms with Gasteiger partial charge in [-0.2, -0.15) is 0 Å². The summed E-state index contributed by atoms with van der Waals surface area (Å²) in [6.07, 6.45) is -0.945. The van der Waals surface area contributed by atoms with Crippen LogP contribution < -0.4 is 5.32 Å². The van der Waals surface area contributed by atoms with Crippen LogP contribution in [0.15, 0.2) is 0 Å². The van der Waals surface area contributed by atoms with Crippen molar-refractivity contribution in [3.63, 3.8) is 0 Å². The first-order valence-electron chi connectivity index (χ1n) is 5.27. The maximum atomic E-state index is 11.8. The average Bonchev–Trinajstić information content (AvgIpc) is 2.16. The van der Waals surface area contributed by atoms with E-state index in [4.69, 9.17) is 9.84 Å². The molecule has 0 aliphatic carbocycles. The fraction of sp³-hybridized carbons (Fsp3) is 0.800. The number of ether oxygens (including phenoxy) is 1. The van der Waals surface area contributed by atoms with Crippen molar-refractivity contribution in [3.05, 3.63) is 0 Å². The zero-order valence-corrected chi connectivity index (χ0v) is 9.65. The summed E-state index contributed by atoms with van der Waals surface area (Å²) in [4.78, 5) is 24.1. The molecule has 0 atom stereocenters. The highest BCUT2D eigenvalue weighted by molar-refractivity contribution is 5.78. The number of carbonyl (C=O) groups excluding carboxylic acids is 1. The number of nitrogens with one attached hydrogen (secondary N) is 1. The Bertz CT molecular complexity index is 272. The van der Waals surface area contributed by atoms with Crippen LogP contribution in [0.4, 0.5) is 4.79 Å². The molecule has 2 N–H and O–H groups in total. The van der Waals surface area contributed by atoms with E-state index in [1.807, 2.05) is 0 Å². The SMILES string of the molecule is CC(C)(CC(=O)N1CCOCC1)NC(=O)O. The fourth-order valence-corrected chi connectivity index (χ4v) is 1.64. The molecule has 0 aromatic heterocycles. The highest BCUT2D eigenvalue weighted by Crippen LogP contribution is 2.11. The monoisotopic (exact) mass is 230 g/mol. The summed E-state index contributed by atoms with van der Waals surface area (Å²) in [5.41, 5.74) is -0.735. The largest absolute Gasteiger partial charge is 0.465 e. The quantitative estimate of drug-likeness (QED) is 0.730. The van der Waals surface area contributed by atoms with Gasteiger partial charge in [0.15, 0.2) is 0 Å². The van der Waals surface area contributed by atoms with Crippen LogP contribution in [-0.2, 0) is 9.53 Å². The zero-order chi connectivity index (χ0) is 12.2. The van der Waals surface area contributed by atoms with Crippen LogP contribution in [0.1, 0.15) is 20.3 Å². The van der Waals surface area contributed by atoms with Gasteiger partial charge in [0, 0.05) is 25.0 Å². The first kappa shape index (κ1) is 12.8. The molecule has 0 aromatic rings. The molecule has 92 valence electrons. The van der Waals surface area contributed by atoms with Crippen molar-refractivity contribution < 1.29 is 19.4 Å². The number of morpholine rings is 1. The van der Waals surface area contributed by atoms with Gasteiger partial charge in [0.1, 0.15) is 0 Å². The summed E-state index contributed by atoms with van der Waals surface area (Å²) >= 11 is 0. The Balaban J connectivity index is 2.45. The second-order valence-corrected chi connectivity index (χ2v) is 4.48. The second kappa shape index (κ2) is 5.16. The van der Waals surface area contributed by atoms with E-state index in [1.165, 1.54) is 0 Å². The van der Waals surface area contributed by atoms with Crippen molar-refractivity contribution in [2.45, 2.75) is 25.8 Å².